The van der Waals surface area contributed by atoms with Crippen LogP contribution >= 0.6 is 0 Å². The van der Waals surface area contributed by atoms with E-state index >= 15 is 0 Å². The maximum absolute atomic E-state index is 11.9. The lowest BCUT2D eigenvalue weighted by Gasteiger charge is -2.24. The number of benzene rings is 1. The average Bonchev–Trinajstić information content (AvgIpc) is 3.00. The van der Waals surface area contributed by atoms with Crippen LogP contribution in [0.2, 0.25) is 0 Å². The van der Waals surface area contributed by atoms with E-state index in [-0.39, 0.29) is 12.5 Å². The minimum Gasteiger partial charge on any atom is -0.485 e. The predicted molar refractivity (Wildman–Crippen MR) is 72.9 cm³/mol. The second kappa shape index (κ2) is 5.48. The van der Waals surface area contributed by atoms with Crippen LogP contribution < -0.4 is 14.9 Å². The van der Waals surface area contributed by atoms with E-state index in [9.17, 15) is 4.79 Å². The summed E-state index contributed by atoms with van der Waals surface area (Å²) in [6.07, 6.45) is 2.60. The molecular weight excluding hydrogens is 258 g/mol. The number of aromatic nitrogens is 1. The molecule has 1 aliphatic rings. The Morgan fingerprint density at radius 1 is 1.30 bits per heavy atom. The first-order valence-electron chi connectivity index (χ1n) is 6.18. The summed E-state index contributed by atoms with van der Waals surface area (Å²) in [7, 11) is 0. The summed E-state index contributed by atoms with van der Waals surface area (Å²) in [4.78, 5) is 14.8. The highest BCUT2D eigenvalue weighted by Crippen LogP contribution is 2.30. The molecule has 0 saturated heterocycles. The van der Waals surface area contributed by atoms with Crippen molar-refractivity contribution < 1.29 is 14.3 Å². The Morgan fingerprint density at radius 2 is 2.15 bits per heavy atom. The molecule has 2 N–H and O–H groups in total. The normalized spacial score (nSPS) is 17.1. The number of hydrogen-bond acceptors (Lipinski definition) is 4. The van der Waals surface area contributed by atoms with Crippen molar-refractivity contribution in [3.63, 3.8) is 0 Å². The van der Waals surface area contributed by atoms with Crippen LogP contribution in [0.15, 0.2) is 47.7 Å². The monoisotopic (exact) mass is 271 g/mol. The van der Waals surface area contributed by atoms with Gasteiger partial charge in [0.05, 0.1) is 11.9 Å². The highest BCUT2D eigenvalue weighted by molar-refractivity contribution is 5.84. The Kier molecular flexibility index (Phi) is 3.36. The summed E-state index contributed by atoms with van der Waals surface area (Å²) in [5.74, 6) is 0.862. The number of hydrazone groups is 1. The van der Waals surface area contributed by atoms with Gasteiger partial charge in [0.25, 0.3) is 5.91 Å². The van der Waals surface area contributed by atoms with E-state index < -0.39 is 6.10 Å². The first kappa shape index (κ1) is 12.3. The maximum atomic E-state index is 11.9. The van der Waals surface area contributed by atoms with Crippen LogP contribution in [0.1, 0.15) is 5.69 Å². The molecule has 1 unspecified atom stereocenters. The molecule has 0 radical (unpaired) electrons. The molecule has 1 aromatic heterocycles. The largest absolute Gasteiger partial charge is 0.485 e. The van der Waals surface area contributed by atoms with Gasteiger partial charge in [0, 0.05) is 6.20 Å². The lowest BCUT2D eigenvalue weighted by atomic mass is 10.2. The van der Waals surface area contributed by atoms with Crippen molar-refractivity contribution in [3.8, 4) is 11.5 Å². The first-order valence-corrected chi connectivity index (χ1v) is 6.18. The summed E-state index contributed by atoms with van der Waals surface area (Å²) in [6.45, 7) is 0.168. The minimum atomic E-state index is -0.703. The number of nitrogens with one attached hydrogen (secondary N) is 2. The molecule has 20 heavy (non-hydrogen) atoms. The van der Waals surface area contributed by atoms with E-state index in [2.05, 4.69) is 15.5 Å². The third-order valence-corrected chi connectivity index (χ3v) is 2.80. The van der Waals surface area contributed by atoms with Gasteiger partial charge in [-0.05, 0) is 24.3 Å². The van der Waals surface area contributed by atoms with Crippen molar-refractivity contribution in [2.75, 3.05) is 6.61 Å². The summed E-state index contributed by atoms with van der Waals surface area (Å²) in [5.41, 5.74) is 3.23. The number of carbonyl (C=O) groups is 1. The molecule has 0 saturated carbocycles. The molecule has 0 bridgehead atoms. The van der Waals surface area contributed by atoms with E-state index in [1.807, 2.05) is 24.3 Å². The number of amides is 1. The number of carbonyl (C=O) groups excluding carboxylic acids is 1. The van der Waals surface area contributed by atoms with Crippen molar-refractivity contribution in [2.24, 2.45) is 5.10 Å². The fraction of sp³-hybridized carbons (Fsp3) is 0.143. The van der Waals surface area contributed by atoms with Gasteiger partial charge in [-0.25, -0.2) is 5.43 Å². The molecule has 0 spiro atoms. The fourth-order valence-corrected chi connectivity index (χ4v) is 1.81. The van der Waals surface area contributed by atoms with Crippen LogP contribution in [0.3, 0.4) is 0 Å². The van der Waals surface area contributed by atoms with E-state index in [4.69, 9.17) is 9.47 Å². The van der Waals surface area contributed by atoms with Gasteiger partial charge in [-0.2, -0.15) is 5.10 Å². The zero-order chi connectivity index (χ0) is 13.8. The lowest BCUT2D eigenvalue weighted by molar-refractivity contribution is -0.130. The van der Waals surface area contributed by atoms with Gasteiger partial charge in [-0.3, -0.25) is 4.79 Å². The number of aromatic amines is 1. The lowest BCUT2D eigenvalue weighted by Crippen LogP contribution is -2.42. The third-order valence-electron chi connectivity index (χ3n) is 2.80. The molecule has 6 nitrogen and oxygen atoms in total. The number of fused-ring (bicyclic) bond motifs is 1. The standard InChI is InChI=1S/C14H13N3O3/c18-14(17-16-8-10-4-3-7-15-10)13-9-19-11-5-1-2-6-12(11)20-13/h1-8,13,15H,9H2,(H,17,18)/b16-8-. The van der Waals surface area contributed by atoms with Crippen LogP contribution in [0.25, 0.3) is 0 Å². The molecule has 2 aromatic rings. The number of ether oxygens (including phenoxy) is 2. The Labute approximate surface area is 115 Å². The second-order valence-electron chi connectivity index (χ2n) is 4.22. The van der Waals surface area contributed by atoms with Gasteiger partial charge in [-0.15, -0.1) is 0 Å². The van der Waals surface area contributed by atoms with Crippen molar-refractivity contribution in [1.82, 2.24) is 10.4 Å². The molecule has 0 fully saturated rings. The first-order chi connectivity index (χ1) is 9.83. The number of para-hydroxylation sites is 2. The Morgan fingerprint density at radius 3 is 2.95 bits per heavy atom. The van der Waals surface area contributed by atoms with Crippen LogP contribution in [-0.4, -0.2) is 29.8 Å². The summed E-state index contributed by atoms with van der Waals surface area (Å²) in [5, 5.41) is 3.85. The minimum absolute atomic E-state index is 0.168. The molecule has 6 heteroatoms. The number of H-pyrrole nitrogens is 1. The van der Waals surface area contributed by atoms with Crippen molar-refractivity contribution in [1.29, 1.82) is 0 Å². The smallest absolute Gasteiger partial charge is 0.284 e. The summed E-state index contributed by atoms with van der Waals surface area (Å²) >= 11 is 0. The zero-order valence-corrected chi connectivity index (χ0v) is 10.6. The highest BCUT2D eigenvalue weighted by atomic mass is 16.6. The SMILES string of the molecule is O=C(N/N=C\c1ccc[nH]1)C1COc2ccccc2O1. The van der Waals surface area contributed by atoms with Gasteiger partial charge in [0.15, 0.2) is 11.5 Å². The predicted octanol–water partition coefficient (Wildman–Crippen LogP) is 1.30. The molecular formula is C14H13N3O3. The van der Waals surface area contributed by atoms with Gasteiger partial charge >= 0.3 is 0 Å². The van der Waals surface area contributed by atoms with Gasteiger partial charge < -0.3 is 14.5 Å². The van der Waals surface area contributed by atoms with Crippen LogP contribution in [0, 0.1) is 0 Å². The molecule has 102 valence electrons. The Hall–Kier alpha value is -2.76. The Balaban J connectivity index is 1.59. The number of nitrogens with zero attached hydrogens (tertiary/aromatic N) is 1. The molecule has 1 aliphatic heterocycles. The van der Waals surface area contributed by atoms with Crippen molar-refractivity contribution in [2.45, 2.75) is 6.10 Å². The van der Waals surface area contributed by atoms with Crippen LogP contribution in [-0.2, 0) is 4.79 Å². The third kappa shape index (κ3) is 2.64. The van der Waals surface area contributed by atoms with E-state index in [1.54, 1.807) is 18.3 Å². The molecule has 0 aliphatic carbocycles. The molecule has 1 aromatic carbocycles. The number of hydrogen-bond donors (Lipinski definition) is 2. The highest BCUT2D eigenvalue weighted by Gasteiger charge is 2.26. The summed E-state index contributed by atoms with van der Waals surface area (Å²) in [6, 6.07) is 10.9. The average molecular weight is 271 g/mol. The maximum Gasteiger partial charge on any atom is 0.284 e. The Bertz CT molecular complexity index is 622. The second-order valence-corrected chi connectivity index (χ2v) is 4.22. The number of rotatable bonds is 3. The summed E-state index contributed by atoms with van der Waals surface area (Å²) < 4.78 is 11.0. The van der Waals surface area contributed by atoms with Crippen LogP contribution in [0.5, 0.6) is 11.5 Å². The van der Waals surface area contributed by atoms with Crippen LogP contribution in [0.4, 0.5) is 0 Å². The molecule has 2 heterocycles. The molecule has 1 atom stereocenters. The van der Waals surface area contributed by atoms with Gasteiger partial charge in [-0.1, -0.05) is 12.1 Å². The van der Waals surface area contributed by atoms with E-state index in [0.29, 0.717) is 11.5 Å². The van der Waals surface area contributed by atoms with E-state index in [0.717, 1.165) is 5.69 Å². The van der Waals surface area contributed by atoms with Crippen molar-refractivity contribution in [3.05, 3.63) is 48.3 Å². The fourth-order valence-electron chi connectivity index (χ4n) is 1.81. The topological polar surface area (TPSA) is 75.7 Å². The quantitative estimate of drug-likeness (QED) is 0.652. The molecule has 3 rings (SSSR count). The van der Waals surface area contributed by atoms with Crippen molar-refractivity contribution >= 4 is 12.1 Å². The van der Waals surface area contributed by atoms with Gasteiger partial charge in [0.1, 0.15) is 6.61 Å². The zero-order valence-electron chi connectivity index (χ0n) is 10.6. The van der Waals surface area contributed by atoms with Gasteiger partial charge in [0.2, 0.25) is 6.10 Å². The van der Waals surface area contributed by atoms with E-state index in [1.165, 1.54) is 6.21 Å². The molecule has 1 amide bonds.